The second-order valence-corrected chi connectivity index (χ2v) is 11.4. The molecule has 0 aliphatic heterocycles. The number of hydrogen-bond acceptors (Lipinski definition) is 4. The number of carbonyl (C=O) groups excluding carboxylic acids is 1. The maximum atomic E-state index is 13.9. The van der Waals surface area contributed by atoms with Crippen LogP contribution in [0.2, 0.25) is 0 Å². The number of amides is 1. The smallest absolute Gasteiger partial charge is 0.348 e. The van der Waals surface area contributed by atoms with Gasteiger partial charge in [0.05, 0.1) is 16.7 Å². The molecule has 0 unspecified atom stereocenters. The van der Waals surface area contributed by atoms with Gasteiger partial charge >= 0.3 is 5.97 Å². The van der Waals surface area contributed by atoms with Gasteiger partial charge in [-0.05, 0) is 78.2 Å². The van der Waals surface area contributed by atoms with E-state index in [4.69, 9.17) is 0 Å². The van der Waals surface area contributed by atoms with Gasteiger partial charge in [-0.25, -0.2) is 4.79 Å². The van der Waals surface area contributed by atoms with Gasteiger partial charge in [0.2, 0.25) is 5.91 Å². The molecule has 0 aromatic carbocycles. The van der Waals surface area contributed by atoms with E-state index < -0.39 is 5.97 Å². The van der Waals surface area contributed by atoms with Crippen molar-refractivity contribution in [3.05, 3.63) is 27.5 Å². The number of thiophene rings is 1. The van der Waals surface area contributed by atoms with Crippen molar-refractivity contribution in [3.63, 3.8) is 0 Å². The number of anilines is 1. The molecule has 198 valence electrons. The van der Waals surface area contributed by atoms with Crippen molar-refractivity contribution < 1.29 is 19.8 Å². The summed E-state index contributed by atoms with van der Waals surface area (Å²) in [5, 5.41) is 20.0. The first-order chi connectivity index (χ1) is 15.0. The van der Waals surface area contributed by atoms with Gasteiger partial charge in [-0.15, -0.1) is 11.3 Å². The minimum absolute atomic E-state index is 0. The molecule has 1 amide bonds. The van der Waals surface area contributed by atoms with Crippen molar-refractivity contribution >= 4 is 69.4 Å². The number of aliphatic hydroxyl groups is 1. The van der Waals surface area contributed by atoms with E-state index in [1.54, 1.807) is 11.0 Å². The molecule has 2 aliphatic carbocycles. The third-order valence-electron chi connectivity index (χ3n) is 6.36. The Morgan fingerprint density at radius 3 is 2.23 bits per heavy atom. The fourth-order valence-corrected chi connectivity index (χ4v) is 5.49. The average Bonchev–Trinajstić information content (AvgIpc) is 3.12. The molecule has 2 N–H and O–H groups in total. The number of hydrogen-bond donors (Lipinski definition) is 2. The van der Waals surface area contributed by atoms with Crippen LogP contribution in [0.3, 0.4) is 0 Å². The maximum absolute atomic E-state index is 13.9. The molecular formula is C26H41NO4S4. The summed E-state index contributed by atoms with van der Waals surface area (Å²) in [7, 11) is 0. The molecule has 5 nitrogen and oxygen atoms in total. The van der Waals surface area contributed by atoms with E-state index in [9.17, 15) is 19.8 Å². The number of aromatic carboxylic acids is 1. The van der Waals surface area contributed by atoms with Gasteiger partial charge in [0.1, 0.15) is 4.88 Å². The first-order valence-electron chi connectivity index (χ1n) is 11.5. The minimum Gasteiger partial charge on any atom is -0.477 e. The zero-order valence-electron chi connectivity index (χ0n) is 21.3. The summed E-state index contributed by atoms with van der Waals surface area (Å²) in [4.78, 5) is 28.6. The van der Waals surface area contributed by atoms with Gasteiger partial charge in [0, 0.05) is 17.4 Å². The van der Waals surface area contributed by atoms with E-state index in [1.165, 1.54) is 5.57 Å². The molecule has 1 fully saturated rings. The van der Waals surface area contributed by atoms with Crippen LogP contribution in [-0.4, -0.2) is 34.2 Å². The Hall–Kier alpha value is -1.05. The lowest BCUT2D eigenvalue weighted by Gasteiger charge is -2.39. The van der Waals surface area contributed by atoms with Crippen LogP contribution in [0, 0.1) is 29.1 Å². The van der Waals surface area contributed by atoms with E-state index in [2.05, 4.69) is 31.8 Å². The number of carboxylic acids is 1. The zero-order valence-corrected chi connectivity index (χ0v) is 25.1. The van der Waals surface area contributed by atoms with E-state index >= 15 is 0 Å². The number of carboxylic acid groups (broad SMARTS) is 1. The summed E-state index contributed by atoms with van der Waals surface area (Å²) >= 11 is 1.14. The summed E-state index contributed by atoms with van der Waals surface area (Å²) in [5.41, 5.74) is 1.56. The van der Waals surface area contributed by atoms with Crippen LogP contribution in [0.4, 0.5) is 5.69 Å². The van der Waals surface area contributed by atoms with Gasteiger partial charge in [-0.1, -0.05) is 30.4 Å². The summed E-state index contributed by atoms with van der Waals surface area (Å²) in [6, 6.07) is 1.67. The van der Waals surface area contributed by atoms with Crippen LogP contribution in [0.15, 0.2) is 17.7 Å². The van der Waals surface area contributed by atoms with E-state index in [0.717, 1.165) is 17.8 Å². The van der Waals surface area contributed by atoms with Crippen molar-refractivity contribution in [3.8, 4) is 11.8 Å². The number of rotatable bonds is 4. The Morgan fingerprint density at radius 1 is 1.11 bits per heavy atom. The quantitative estimate of drug-likeness (QED) is 0.360. The number of aliphatic hydroxyl groups excluding tert-OH is 1. The highest BCUT2D eigenvalue weighted by atomic mass is 32.1. The largest absolute Gasteiger partial charge is 0.477 e. The summed E-state index contributed by atoms with van der Waals surface area (Å²) in [6.45, 7) is 10.2. The van der Waals surface area contributed by atoms with Gasteiger partial charge in [-0.3, -0.25) is 4.79 Å². The highest BCUT2D eigenvalue weighted by Gasteiger charge is 2.38. The molecule has 1 aromatic heterocycles. The molecule has 9 heteroatoms. The lowest BCUT2D eigenvalue weighted by molar-refractivity contribution is -0.124. The average molecular weight is 560 g/mol. The van der Waals surface area contributed by atoms with Gasteiger partial charge < -0.3 is 15.1 Å². The van der Waals surface area contributed by atoms with Crippen LogP contribution in [0.1, 0.15) is 87.7 Å². The standard InChI is InChI=1S/C26H35NO4S.3H2S/c1-16-6-11-21(17(2)14-16)24(29)27(18-7-9-19(28)10-8-18)22-15-20(12-13-26(3,4)5)32-23(22)25(30)31;;;/h6,15,17-19,21,28H,7-11,14H2,1-5H3,(H,30,31);3*1H2/t17-,18?,19?,21-;;;/m0.../s1. The second-order valence-electron chi connectivity index (χ2n) is 10.4. The number of carbonyl (C=O) groups is 2. The Labute approximate surface area is 235 Å². The lowest BCUT2D eigenvalue weighted by Crippen LogP contribution is -2.48. The molecule has 2 aliphatic rings. The Bertz CT molecular complexity index is 962. The first kappa shape index (κ1) is 34.0. The second kappa shape index (κ2) is 14.0. The Balaban J connectivity index is 0.00000385. The fraction of sp³-hybridized carbons (Fsp3) is 0.615. The van der Waals surface area contributed by atoms with Gasteiger partial charge in [-0.2, -0.15) is 40.5 Å². The Morgan fingerprint density at radius 2 is 1.71 bits per heavy atom. The third-order valence-corrected chi connectivity index (χ3v) is 7.39. The highest BCUT2D eigenvalue weighted by molar-refractivity contribution is 7.59. The fourth-order valence-electron chi connectivity index (χ4n) is 4.65. The van der Waals surface area contributed by atoms with Crippen LogP contribution < -0.4 is 4.90 Å². The SMILES string of the molecule is CC1=CC[C@H](C(=O)N(c2cc(C#CC(C)(C)C)sc2C(=O)O)C2CCC(O)CC2)[C@@H](C)C1.S.S.S. The van der Waals surface area contributed by atoms with E-state index in [1.807, 2.05) is 20.8 Å². The van der Waals surface area contributed by atoms with Crippen LogP contribution >= 0.6 is 51.8 Å². The molecule has 1 saturated carbocycles. The van der Waals surface area contributed by atoms with Crippen molar-refractivity contribution in [1.29, 1.82) is 0 Å². The van der Waals surface area contributed by atoms with Crippen molar-refractivity contribution in [2.45, 2.75) is 85.3 Å². The molecule has 0 radical (unpaired) electrons. The molecule has 2 atom stereocenters. The Kier molecular flexibility index (Phi) is 13.6. The maximum Gasteiger partial charge on any atom is 0.348 e. The van der Waals surface area contributed by atoms with Crippen LogP contribution in [0.5, 0.6) is 0 Å². The van der Waals surface area contributed by atoms with Crippen molar-refractivity contribution in [2.24, 2.45) is 17.3 Å². The lowest BCUT2D eigenvalue weighted by atomic mass is 9.79. The molecule has 0 bridgehead atoms. The third kappa shape index (κ3) is 8.78. The predicted molar refractivity (Wildman–Crippen MR) is 160 cm³/mol. The topological polar surface area (TPSA) is 77.8 Å². The van der Waals surface area contributed by atoms with Gasteiger partial charge in [0.25, 0.3) is 0 Å². The van der Waals surface area contributed by atoms with E-state index in [-0.39, 0.29) is 80.7 Å². The molecule has 1 heterocycles. The summed E-state index contributed by atoms with van der Waals surface area (Å²) < 4.78 is 0. The van der Waals surface area contributed by atoms with Crippen molar-refractivity contribution in [2.75, 3.05) is 4.90 Å². The molecular weight excluding hydrogens is 519 g/mol. The molecule has 35 heavy (non-hydrogen) atoms. The molecule has 1 aromatic rings. The molecule has 0 spiro atoms. The predicted octanol–water partition coefficient (Wildman–Crippen LogP) is 5.81. The molecule has 3 rings (SSSR count). The monoisotopic (exact) mass is 559 g/mol. The van der Waals surface area contributed by atoms with Crippen molar-refractivity contribution in [1.82, 2.24) is 0 Å². The van der Waals surface area contributed by atoms with Gasteiger partial charge in [0.15, 0.2) is 0 Å². The zero-order chi connectivity index (χ0) is 23.6. The first-order valence-corrected chi connectivity index (χ1v) is 12.3. The summed E-state index contributed by atoms with van der Waals surface area (Å²) in [5.74, 6) is 5.29. The normalized spacial score (nSPS) is 23.8. The highest BCUT2D eigenvalue weighted by Crippen LogP contribution is 2.39. The molecule has 0 saturated heterocycles. The number of allylic oxidation sites excluding steroid dienone is 2. The minimum atomic E-state index is -1.03. The van der Waals surface area contributed by atoms with E-state index in [0.29, 0.717) is 42.7 Å². The number of nitrogens with zero attached hydrogens (tertiary/aromatic N) is 1. The summed E-state index contributed by atoms with van der Waals surface area (Å²) in [6.07, 6.45) is 5.93. The van der Waals surface area contributed by atoms with Crippen LogP contribution in [0.25, 0.3) is 0 Å². The van der Waals surface area contributed by atoms with Crippen LogP contribution in [-0.2, 0) is 4.79 Å².